The van der Waals surface area contributed by atoms with Crippen LogP contribution in [-0.2, 0) is 21.7 Å². The molecule has 0 N–H and O–H groups in total. The Bertz CT molecular complexity index is 371. The van der Waals surface area contributed by atoms with E-state index in [1.54, 1.807) is 12.1 Å². The second kappa shape index (κ2) is 4.92. The lowest BCUT2D eigenvalue weighted by Crippen LogP contribution is -2.18. The number of thiol groups is 1. The molecule has 0 amide bonds. The lowest BCUT2D eigenvalue weighted by molar-refractivity contribution is 0.317. The Balaban J connectivity index is 2.83. The molecule has 1 heterocycles. The van der Waals surface area contributed by atoms with E-state index >= 15 is 0 Å². The highest BCUT2D eigenvalue weighted by Gasteiger charge is 2.04. The molecular formula is C8H11N2O3S. The minimum absolute atomic E-state index is 0.444. The number of rotatable bonds is 4. The van der Waals surface area contributed by atoms with Crippen molar-refractivity contribution in [1.82, 2.24) is 4.98 Å². The van der Waals surface area contributed by atoms with Gasteiger partial charge in [-0.25, -0.2) is 18.5 Å². The topological polar surface area (TPSA) is 59.5 Å². The molecule has 1 rings (SSSR count). The molecular weight excluding hydrogens is 204 g/mol. The first-order valence-corrected chi connectivity index (χ1v) is 5.17. The number of hydroxylamine groups is 1. The quantitative estimate of drug-likeness (QED) is 0.579. The summed E-state index contributed by atoms with van der Waals surface area (Å²) in [6, 6.07) is 6.22. The average molecular weight is 215 g/mol. The third-order valence-corrected chi connectivity index (χ3v) is 1.96. The van der Waals surface area contributed by atoms with E-state index in [1.807, 2.05) is 6.92 Å². The van der Waals surface area contributed by atoms with E-state index in [-0.39, 0.29) is 0 Å². The van der Waals surface area contributed by atoms with Crippen LogP contribution >= 0.6 is 0 Å². The molecule has 0 unspecified atom stereocenters. The maximum absolute atomic E-state index is 10.3. The molecule has 1 aromatic rings. The fourth-order valence-corrected chi connectivity index (χ4v) is 1.20. The summed E-state index contributed by atoms with van der Waals surface area (Å²) in [6.45, 7) is 1.94. The maximum atomic E-state index is 10.3. The number of aryl methyl sites for hydroxylation is 1. The van der Waals surface area contributed by atoms with E-state index in [2.05, 4.69) is 15.3 Å². The zero-order chi connectivity index (χ0) is 10.6. The molecule has 0 aromatic carbocycles. The first-order valence-electron chi connectivity index (χ1n) is 4.07. The first kappa shape index (κ1) is 10.9. The first-order chi connectivity index (χ1) is 6.63. The highest BCUT2D eigenvalue weighted by atomic mass is 32.2. The van der Waals surface area contributed by atoms with Crippen molar-refractivity contribution in [3.63, 3.8) is 0 Å². The van der Waals surface area contributed by atoms with Crippen LogP contribution in [0.2, 0.25) is 0 Å². The molecule has 0 atom stereocenters. The van der Waals surface area contributed by atoms with Crippen LogP contribution in [0.5, 0.6) is 0 Å². The normalized spacial score (nSPS) is 10.5. The Labute approximate surface area is 84.4 Å². The summed E-state index contributed by atoms with van der Waals surface area (Å²) in [5.74, 6) is 0.444. The minimum atomic E-state index is -2.90. The fraction of sp³-hybridized carbons (Fsp3) is 0.375. The predicted octanol–water partition coefficient (Wildman–Crippen LogP) is 0.338. The Morgan fingerprint density at radius 2 is 2.36 bits per heavy atom. The average Bonchev–Trinajstić information content (AvgIpc) is 2.17. The van der Waals surface area contributed by atoms with Gasteiger partial charge in [0.2, 0.25) is 0 Å². The summed E-state index contributed by atoms with van der Waals surface area (Å²) in [5, 5.41) is 1.10. The molecule has 0 fully saturated rings. The summed E-state index contributed by atoms with van der Waals surface area (Å²) in [7, 11) is -1.42. The highest BCUT2D eigenvalue weighted by molar-refractivity contribution is 7.67. The fourth-order valence-electron chi connectivity index (χ4n) is 0.919. The SMILES string of the molecule is CCc1[c]ccc(N(C)O[SH](=O)=O)n1. The molecule has 0 saturated heterocycles. The molecule has 0 aliphatic carbocycles. The number of hydrogen-bond donors (Lipinski definition) is 1. The van der Waals surface area contributed by atoms with Crippen LogP contribution in [0.1, 0.15) is 12.6 Å². The molecule has 0 saturated carbocycles. The minimum Gasteiger partial charge on any atom is -0.233 e. The van der Waals surface area contributed by atoms with Crippen LogP contribution in [0.4, 0.5) is 5.82 Å². The van der Waals surface area contributed by atoms with Crippen molar-refractivity contribution in [1.29, 1.82) is 0 Å². The zero-order valence-electron chi connectivity index (χ0n) is 7.93. The smallest absolute Gasteiger partial charge is 0.233 e. The van der Waals surface area contributed by atoms with Gasteiger partial charge in [0.25, 0.3) is 11.0 Å². The van der Waals surface area contributed by atoms with E-state index in [9.17, 15) is 8.42 Å². The number of anilines is 1. The standard InChI is InChI=1S/C8H11N2O3S/c1-3-7-5-4-6-8(9-7)10(2)13-14(11)12/h4,6,14H,3H2,1-2H3. The van der Waals surface area contributed by atoms with Crippen molar-refractivity contribution in [2.75, 3.05) is 12.1 Å². The molecule has 1 radical (unpaired) electrons. The van der Waals surface area contributed by atoms with Crippen molar-refractivity contribution in [3.8, 4) is 0 Å². The molecule has 1 aromatic heterocycles. The second-order valence-corrected chi connectivity index (χ2v) is 3.16. The lowest BCUT2D eigenvalue weighted by atomic mass is 10.3. The van der Waals surface area contributed by atoms with Crippen LogP contribution in [-0.4, -0.2) is 20.4 Å². The van der Waals surface area contributed by atoms with Gasteiger partial charge in [0.1, 0.15) is 0 Å². The summed E-state index contributed by atoms with van der Waals surface area (Å²) in [5.41, 5.74) is 0.763. The van der Waals surface area contributed by atoms with E-state index in [1.165, 1.54) is 7.05 Å². The van der Waals surface area contributed by atoms with Crippen LogP contribution in [0.15, 0.2) is 12.1 Å². The molecule has 6 heteroatoms. The number of nitrogens with zero attached hydrogens (tertiary/aromatic N) is 2. The number of hydrogen-bond acceptors (Lipinski definition) is 5. The Hall–Kier alpha value is -1.14. The van der Waals surface area contributed by atoms with E-state index in [0.29, 0.717) is 5.82 Å². The largest absolute Gasteiger partial charge is 0.278 e. The van der Waals surface area contributed by atoms with Crippen LogP contribution in [0, 0.1) is 6.07 Å². The van der Waals surface area contributed by atoms with Gasteiger partial charge in [0.05, 0.1) is 5.69 Å². The Morgan fingerprint density at radius 3 is 2.93 bits per heavy atom. The van der Waals surface area contributed by atoms with Crippen molar-refractivity contribution in [2.45, 2.75) is 13.3 Å². The van der Waals surface area contributed by atoms with E-state index in [4.69, 9.17) is 0 Å². The van der Waals surface area contributed by atoms with Gasteiger partial charge >= 0.3 is 0 Å². The number of pyridine rings is 1. The van der Waals surface area contributed by atoms with Gasteiger partial charge in [-0.15, -0.1) is 4.28 Å². The van der Waals surface area contributed by atoms with Gasteiger partial charge < -0.3 is 0 Å². The monoisotopic (exact) mass is 215 g/mol. The summed E-state index contributed by atoms with van der Waals surface area (Å²) < 4.78 is 25.0. The van der Waals surface area contributed by atoms with Gasteiger partial charge in [0, 0.05) is 13.1 Å². The van der Waals surface area contributed by atoms with Crippen molar-refractivity contribution < 1.29 is 12.7 Å². The third kappa shape index (κ3) is 2.97. The van der Waals surface area contributed by atoms with Crippen molar-refractivity contribution in [3.05, 3.63) is 23.9 Å². The Kier molecular flexibility index (Phi) is 3.84. The summed E-state index contributed by atoms with van der Waals surface area (Å²) >= 11 is 0. The highest BCUT2D eigenvalue weighted by Crippen LogP contribution is 2.09. The third-order valence-electron chi connectivity index (χ3n) is 1.58. The van der Waals surface area contributed by atoms with E-state index in [0.717, 1.165) is 17.2 Å². The molecule has 0 bridgehead atoms. The van der Waals surface area contributed by atoms with E-state index < -0.39 is 11.0 Å². The zero-order valence-corrected chi connectivity index (χ0v) is 8.82. The Morgan fingerprint density at radius 1 is 1.64 bits per heavy atom. The number of aromatic nitrogens is 1. The van der Waals surface area contributed by atoms with Crippen LogP contribution in [0.3, 0.4) is 0 Å². The molecule has 5 nitrogen and oxygen atoms in total. The lowest BCUT2D eigenvalue weighted by Gasteiger charge is -2.13. The van der Waals surface area contributed by atoms with Crippen LogP contribution < -0.4 is 5.06 Å². The van der Waals surface area contributed by atoms with Gasteiger partial charge in [-0.2, -0.15) is 0 Å². The molecule has 77 valence electrons. The van der Waals surface area contributed by atoms with Crippen LogP contribution in [0.25, 0.3) is 0 Å². The summed E-state index contributed by atoms with van der Waals surface area (Å²) in [6.07, 6.45) is 0.741. The van der Waals surface area contributed by atoms with Crippen molar-refractivity contribution >= 4 is 16.8 Å². The summed E-state index contributed by atoms with van der Waals surface area (Å²) in [4.78, 5) is 4.12. The van der Waals surface area contributed by atoms with Crippen molar-refractivity contribution in [2.24, 2.45) is 0 Å². The van der Waals surface area contributed by atoms with Gasteiger partial charge in [-0.05, 0) is 18.6 Å². The predicted molar refractivity (Wildman–Crippen MR) is 52.3 cm³/mol. The van der Waals surface area contributed by atoms with Gasteiger partial charge in [-0.1, -0.05) is 6.92 Å². The maximum Gasteiger partial charge on any atom is 0.278 e. The van der Waals surface area contributed by atoms with Gasteiger partial charge in [-0.3, -0.25) is 0 Å². The molecule has 0 spiro atoms. The van der Waals surface area contributed by atoms with Gasteiger partial charge in [0.15, 0.2) is 5.82 Å². The second-order valence-electron chi connectivity index (χ2n) is 2.55. The molecule has 0 aliphatic rings. The molecule has 0 aliphatic heterocycles. The molecule has 14 heavy (non-hydrogen) atoms.